The number of aromatic nitrogens is 1. The Balaban J connectivity index is 1.43. The Bertz CT molecular complexity index is 1320. The van der Waals surface area contributed by atoms with Gasteiger partial charge in [-0.25, -0.2) is 4.79 Å². The van der Waals surface area contributed by atoms with Gasteiger partial charge in [0.25, 0.3) is 0 Å². The van der Waals surface area contributed by atoms with Gasteiger partial charge in [-0.1, -0.05) is 44.4 Å². The normalized spacial score (nSPS) is 20.8. The van der Waals surface area contributed by atoms with E-state index in [-0.39, 0.29) is 0 Å². The van der Waals surface area contributed by atoms with E-state index in [4.69, 9.17) is 0 Å². The van der Waals surface area contributed by atoms with E-state index in [0.29, 0.717) is 11.5 Å². The first kappa shape index (κ1) is 25.5. The average molecular weight is 514 g/mol. The fourth-order valence-electron chi connectivity index (χ4n) is 7.53. The molecule has 5 nitrogen and oxygen atoms in total. The molecule has 2 aliphatic heterocycles. The lowest BCUT2D eigenvalue weighted by atomic mass is 9.81. The van der Waals surface area contributed by atoms with Crippen molar-refractivity contribution in [3.8, 4) is 11.3 Å². The molecule has 0 bridgehead atoms. The molecular formula is C33H43N3O2. The van der Waals surface area contributed by atoms with Gasteiger partial charge in [-0.05, 0) is 93.3 Å². The van der Waals surface area contributed by atoms with Crippen molar-refractivity contribution in [3.05, 3.63) is 53.1 Å². The molecule has 2 aromatic carbocycles. The van der Waals surface area contributed by atoms with Gasteiger partial charge < -0.3 is 19.5 Å². The van der Waals surface area contributed by atoms with E-state index < -0.39 is 5.97 Å². The van der Waals surface area contributed by atoms with Crippen molar-refractivity contribution in [1.29, 1.82) is 0 Å². The van der Waals surface area contributed by atoms with Crippen molar-refractivity contribution in [2.45, 2.75) is 77.7 Å². The van der Waals surface area contributed by atoms with Crippen LogP contribution in [0.1, 0.15) is 85.7 Å². The second-order valence-electron chi connectivity index (χ2n) is 12.0. The number of aromatic carboxylic acids is 1. The molecule has 1 N–H and O–H groups in total. The minimum absolute atomic E-state index is 0.385. The Hall–Kier alpha value is -2.79. The second kappa shape index (κ2) is 10.8. The summed E-state index contributed by atoms with van der Waals surface area (Å²) in [6.07, 6.45) is 10.3. The van der Waals surface area contributed by atoms with Gasteiger partial charge >= 0.3 is 5.97 Å². The molecule has 2 fully saturated rings. The molecule has 0 spiro atoms. The standard InChI is InChI=1S/C33H43N3O2/c1-3-34-16-7-8-24(22-34)15-17-35-18-19-36-30-21-26(33(37)38)12-14-27(30)31(25-9-5-4-6-10-25)32(36)28-13-11-23(2)20-29(28)35/h11-14,20-21,24-25H,3-10,15-19,22H2,1-2H3,(H,37,38). The molecule has 6 rings (SSSR count). The van der Waals surface area contributed by atoms with Gasteiger partial charge in [-0.2, -0.15) is 0 Å². The van der Waals surface area contributed by atoms with Crippen LogP contribution in [0.15, 0.2) is 36.4 Å². The number of carboxylic acids is 1. The molecule has 1 unspecified atom stereocenters. The lowest BCUT2D eigenvalue weighted by Gasteiger charge is -2.34. The van der Waals surface area contributed by atoms with Crippen LogP contribution >= 0.6 is 0 Å². The number of anilines is 1. The Kier molecular flexibility index (Phi) is 7.22. The Morgan fingerprint density at radius 1 is 0.974 bits per heavy atom. The average Bonchev–Trinajstić information content (AvgIpc) is 3.18. The number of carbonyl (C=O) groups is 1. The monoisotopic (exact) mass is 513 g/mol. The van der Waals surface area contributed by atoms with Gasteiger partial charge in [0.2, 0.25) is 0 Å². The van der Waals surface area contributed by atoms with Gasteiger partial charge in [0.15, 0.2) is 0 Å². The number of hydrogen-bond donors (Lipinski definition) is 1. The number of nitrogens with zero attached hydrogens (tertiary/aromatic N) is 3. The molecule has 1 saturated heterocycles. The van der Waals surface area contributed by atoms with Crippen LogP contribution in [-0.2, 0) is 6.54 Å². The second-order valence-corrected chi connectivity index (χ2v) is 12.0. The molecule has 5 heteroatoms. The number of rotatable bonds is 6. The predicted molar refractivity (Wildman–Crippen MR) is 157 cm³/mol. The minimum atomic E-state index is -0.846. The first-order chi connectivity index (χ1) is 18.5. The fraction of sp³-hybridized carbons (Fsp3) is 0.545. The van der Waals surface area contributed by atoms with E-state index in [2.05, 4.69) is 52.5 Å². The van der Waals surface area contributed by atoms with Gasteiger partial charge in [-0.15, -0.1) is 0 Å². The minimum Gasteiger partial charge on any atom is -0.478 e. The first-order valence-electron chi connectivity index (χ1n) is 15.0. The molecular weight excluding hydrogens is 470 g/mol. The number of fused-ring (bicyclic) bond motifs is 5. The largest absolute Gasteiger partial charge is 0.478 e. The number of aryl methyl sites for hydroxylation is 1. The zero-order valence-electron chi connectivity index (χ0n) is 23.2. The molecule has 1 atom stereocenters. The maximum Gasteiger partial charge on any atom is 0.335 e. The van der Waals surface area contributed by atoms with E-state index in [1.165, 1.54) is 97.9 Å². The summed E-state index contributed by atoms with van der Waals surface area (Å²) in [6, 6.07) is 12.8. The summed E-state index contributed by atoms with van der Waals surface area (Å²) in [5, 5.41) is 11.1. The van der Waals surface area contributed by atoms with E-state index in [1.54, 1.807) is 0 Å². The summed E-state index contributed by atoms with van der Waals surface area (Å²) in [6.45, 7) is 11.1. The molecule has 1 saturated carbocycles. The summed E-state index contributed by atoms with van der Waals surface area (Å²) in [5.74, 6) is 0.471. The van der Waals surface area contributed by atoms with Crippen LogP contribution in [0.3, 0.4) is 0 Å². The summed E-state index contributed by atoms with van der Waals surface area (Å²) < 4.78 is 2.47. The molecule has 38 heavy (non-hydrogen) atoms. The highest BCUT2D eigenvalue weighted by atomic mass is 16.4. The number of likely N-dealkylation sites (tertiary alicyclic amines) is 1. The van der Waals surface area contributed by atoms with Crippen LogP contribution in [0.2, 0.25) is 0 Å². The van der Waals surface area contributed by atoms with Gasteiger partial charge in [0, 0.05) is 48.3 Å². The van der Waals surface area contributed by atoms with Gasteiger partial charge in [-0.3, -0.25) is 0 Å². The lowest BCUT2D eigenvalue weighted by molar-refractivity contribution is 0.0697. The predicted octanol–water partition coefficient (Wildman–Crippen LogP) is 7.30. The highest BCUT2D eigenvalue weighted by molar-refractivity contribution is 5.99. The Morgan fingerprint density at radius 2 is 1.82 bits per heavy atom. The zero-order valence-corrected chi connectivity index (χ0v) is 23.2. The van der Waals surface area contributed by atoms with Crippen LogP contribution in [0, 0.1) is 12.8 Å². The third-order valence-electron chi connectivity index (χ3n) is 9.56. The van der Waals surface area contributed by atoms with Gasteiger partial charge in [0.1, 0.15) is 0 Å². The maximum atomic E-state index is 11.9. The summed E-state index contributed by atoms with van der Waals surface area (Å²) in [7, 11) is 0. The van der Waals surface area contributed by atoms with Crippen LogP contribution in [-0.4, -0.2) is 53.3 Å². The topological polar surface area (TPSA) is 48.7 Å². The first-order valence-corrected chi connectivity index (χ1v) is 15.0. The van der Waals surface area contributed by atoms with E-state index in [9.17, 15) is 9.90 Å². The third-order valence-corrected chi connectivity index (χ3v) is 9.56. The Labute approximate surface area is 227 Å². The van der Waals surface area contributed by atoms with Crippen LogP contribution < -0.4 is 4.90 Å². The van der Waals surface area contributed by atoms with Crippen LogP contribution in [0.5, 0.6) is 0 Å². The number of piperidine rings is 1. The molecule has 1 aliphatic carbocycles. The molecule has 3 heterocycles. The highest BCUT2D eigenvalue weighted by Crippen LogP contribution is 2.47. The number of hydrogen-bond acceptors (Lipinski definition) is 3. The highest BCUT2D eigenvalue weighted by Gasteiger charge is 2.31. The molecule has 0 amide bonds. The molecule has 3 aromatic rings. The van der Waals surface area contributed by atoms with E-state index >= 15 is 0 Å². The van der Waals surface area contributed by atoms with Crippen molar-refractivity contribution >= 4 is 22.6 Å². The molecule has 202 valence electrons. The van der Waals surface area contributed by atoms with Gasteiger partial charge in [0.05, 0.1) is 11.3 Å². The number of carboxylic acid groups (broad SMARTS) is 1. The Morgan fingerprint density at radius 3 is 2.61 bits per heavy atom. The smallest absolute Gasteiger partial charge is 0.335 e. The van der Waals surface area contributed by atoms with E-state index in [0.717, 1.165) is 37.6 Å². The summed E-state index contributed by atoms with van der Waals surface area (Å²) in [4.78, 5) is 17.2. The fourth-order valence-corrected chi connectivity index (χ4v) is 7.53. The molecule has 0 radical (unpaired) electrons. The van der Waals surface area contributed by atoms with Crippen molar-refractivity contribution in [2.24, 2.45) is 5.92 Å². The maximum absolute atomic E-state index is 11.9. The van der Waals surface area contributed by atoms with Crippen molar-refractivity contribution in [2.75, 3.05) is 37.6 Å². The van der Waals surface area contributed by atoms with Crippen molar-refractivity contribution in [1.82, 2.24) is 9.47 Å². The molecule has 3 aliphatic rings. The summed E-state index contributed by atoms with van der Waals surface area (Å²) in [5.41, 5.74) is 8.30. The molecule has 1 aromatic heterocycles. The van der Waals surface area contributed by atoms with Crippen molar-refractivity contribution < 1.29 is 9.90 Å². The quantitative estimate of drug-likeness (QED) is 0.376. The van der Waals surface area contributed by atoms with Crippen LogP contribution in [0.25, 0.3) is 22.2 Å². The van der Waals surface area contributed by atoms with E-state index in [1.807, 2.05) is 12.1 Å². The van der Waals surface area contributed by atoms with Crippen LogP contribution in [0.4, 0.5) is 5.69 Å². The summed E-state index contributed by atoms with van der Waals surface area (Å²) >= 11 is 0. The third kappa shape index (κ3) is 4.75. The zero-order chi connectivity index (χ0) is 26.2. The SMILES string of the molecule is CCN1CCCC(CCN2CCn3c(c(C4CCCCC4)c4ccc(C(=O)O)cc43)-c3ccc(C)cc32)C1. The number of benzene rings is 2. The lowest BCUT2D eigenvalue weighted by Crippen LogP contribution is -2.37. The van der Waals surface area contributed by atoms with Crippen molar-refractivity contribution in [3.63, 3.8) is 0 Å².